The van der Waals surface area contributed by atoms with Gasteiger partial charge in [-0.2, -0.15) is 0 Å². The Hall–Kier alpha value is -2.14. The van der Waals surface area contributed by atoms with E-state index in [0.717, 1.165) is 18.4 Å². The first-order chi connectivity index (χ1) is 11.5. The predicted octanol–water partition coefficient (Wildman–Crippen LogP) is 4.28. The number of anilines is 1. The molecule has 1 fully saturated rings. The largest absolute Gasteiger partial charge is 0.464 e. The molecule has 1 aromatic heterocycles. The van der Waals surface area contributed by atoms with Gasteiger partial charge in [-0.1, -0.05) is 41.4 Å². The third-order valence-corrected chi connectivity index (χ3v) is 4.44. The lowest BCUT2D eigenvalue weighted by Crippen LogP contribution is -2.14. The summed E-state index contributed by atoms with van der Waals surface area (Å²) in [5.41, 5.74) is 2.43. The Labute approximate surface area is 146 Å². The van der Waals surface area contributed by atoms with Crippen LogP contribution in [0.25, 0.3) is 0 Å². The first-order valence-electron chi connectivity index (χ1n) is 7.98. The van der Waals surface area contributed by atoms with Crippen molar-refractivity contribution in [3.63, 3.8) is 0 Å². The second-order valence-corrected chi connectivity index (χ2v) is 6.52. The molecule has 126 valence electrons. The van der Waals surface area contributed by atoms with Gasteiger partial charge in [-0.25, -0.2) is 14.8 Å². The molecule has 1 N–H and O–H groups in total. The summed E-state index contributed by atoms with van der Waals surface area (Å²) in [6.45, 7) is 4.08. The predicted molar refractivity (Wildman–Crippen MR) is 93.6 cm³/mol. The van der Waals surface area contributed by atoms with Gasteiger partial charge in [0.05, 0.1) is 13.2 Å². The highest BCUT2D eigenvalue weighted by Crippen LogP contribution is 2.40. The monoisotopic (exact) mass is 345 g/mol. The topological polar surface area (TPSA) is 64.1 Å². The van der Waals surface area contributed by atoms with Crippen molar-refractivity contribution in [3.05, 3.63) is 51.9 Å². The zero-order valence-electron chi connectivity index (χ0n) is 14.0. The van der Waals surface area contributed by atoms with Gasteiger partial charge in [-0.15, -0.1) is 0 Å². The molecule has 1 aliphatic carbocycles. The van der Waals surface area contributed by atoms with Crippen molar-refractivity contribution < 1.29 is 9.53 Å². The first kappa shape index (κ1) is 16.7. The molecule has 1 saturated carbocycles. The Morgan fingerprint density at radius 3 is 2.75 bits per heavy atom. The van der Waals surface area contributed by atoms with E-state index in [4.69, 9.17) is 16.3 Å². The van der Waals surface area contributed by atoms with Crippen LogP contribution >= 0.6 is 11.6 Å². The smallest absolute Gasteiger partial charge is 0.358 e. The van der Waals surface area contributed by atoms with Crippen molar-refractivity contribution in [2.24, 2.45) is 0 Å². The third kappa shape index (κ3) is 3.51. The van der Waals surface area contributed by atoms with Gasteiger partial charge in [-0.05, 0) is 32.3 Å². The quantitative estimate of drug-likeness (QED) is 0.819. The van der Waals surface area contributed by atoms with Crippen molar-refractivity contribution in [2.75, 3.05) is 12.4 Å². The summed E-state index contributed by atoms with van der Waals surface area (Å²) in [5.74, 6) is 0.887. The second-order valence-electron chi connectivity index (χ2n) is 6.14. The van der Waals surface area contributed by atoms with Gasteiger partial charge in [0.25, 0.3) is 0 Å². The summed E-state index contributed by atoms with van der Waals surface area (Å²) in [7, 11) is 1.32. The van der Waals surface area contributed by atoms with Gasteiger partial charge in [0.15, 0.2) is 5.69 Å². The molecule has 0 bridgehead atoms. The molecule has 0 saturated heterocycles. The summed E-state index contributed by atoms with van der Waals surface area (Å²) in [4.78, 5) is 20.8. The Kier molecular flexibility index (Phi) is 4.71. The highest BCUT2D eigenvalue weighted by molar-refractivity contribution is 6.35. The molecule has 0 spiro atoms. The average molecular weight is 346 g/mol. The van der Waals surface area contributed by atoms with E-state index >= 15 is 0 Å². The molecular weight excluding hydrogens is 326 g/mol. The summed E-state index contributed by atoms with van der Waals surface area (Å²) < 4.78 is 4.79. The Bertz CT molecular complexity index is 775. The van der Waals surface area contributed by atoms with Crippen LogP contribution in [-0.2, 0) is 4.74 Å². The fraction of sp³-hybridized carbons (Fsp3) is 0.389. The maximum Gasteiger partial charge on any atom is 0.358 e. The van der Waals surface area contributed by atoms with Crippen LogP contribution in [0.4, 0.5) is 5.82 Å². The Morgan fingerprint density at radius 1 is 1.38 bits per heavy atom. The molecular formula is C18H20ClN3O2. The van der Waals surface area contributed by atoms with Gasteiger partial charge >= 0.3 is 5.97 Å². The summed E-state index contributed by atoms with van der Waals surface area (Å²) in [5, 5.41) is 3.51. The molecule has 3 rings (SSSR count). The minimum Gasteiger partial charge on any atom is -0.464 e. The lowest BCUT2D eigenvalue weighted by atomic mass is 10.1. The average Bonchev–Trinajstić information content (AvgIpc) is 3.41. The molecule has 24 heavy (non-hydrogen) atoms. The maximum atomic E-state index is 12.0. The van der Waals surface area contributed by atoms with Crippen LogP contribution in [0.1, 0.15) is 59.2 Å². The minimum absolute atomic E-state index is 0.00477. The molecule has 0 amide bonds. The lowest BCUT2D eigenvalue weighted by molar-refractivity contribution is 0.0593. The number of nitrogens with one attached hydrogen (secondary N) is 1. The first-order valence-corrected chi connectivity index (χ1v) is 8.36. The van der Waals surface area contributed by atoms with Crippen LogP contribution in [0.5, 0.6) is 0 Å². The molecule has 0 aliphatic heterocycles. The molecule has 1 aromatic carbocycles. The van der Waals surface area contributed by atoms with Gasteiger partial charge in [0.1, 0.15) is 16.7 Å². The molecule has 2 aromatic rings. The second kappa shape index (κ2) is 6.77. The van der Waals surface area contributed by atoms with Gasteiger partial charge in [-0.3, -0.25) is 0 Å². The molecule has 6 heteroatoms. The van der Waals surface area contributed by atoms with Crippen molar-refractivity contribution in [3.8, 4) is 0 Å². The van der Waals surface area contributed by atoms with Crippen LogP contribution in [0, 0.1) is 6.92 Å². The number of ether oxygens (including phenoxy) is 1. The number of nitrogens with zero attached hydrogens (tertiary/aromatic N) is 2. The lowest BCUT2D eigenvalue weighted by Gasteiger charge is -2.18. The van der Waals surface area contributed by atoms with E-state index in [0.29, 0.717) is 17.6 Å². The number of rotatable bonds is 5. The van der Waals surface area contributed by atoms with E-state index in [-0.39, 0.29) is 16.8 Å². The summed E-state index contributed by atoms with van der Waals surface area (Å²) in [6, 6.07) is 8.21. The van der Waals surface area contributed by atoms with Crippen LogP contribution in [0.3, 0.4) is 0 Å². The van der Waals surface area contributed by atoms with Crippen LogP contribution < -0.4 is 5.32 Å². The number of halogens is 1. The van der Waals surface area contributed by atoms with Gasteiger partial charge in [0, 0.05) is 5.92 Å². The normalized spacial score (nSPS) is 15.0. The summed E-state index contributed by atoms with van der Waals surface area (Å²) >= 11 is 6.35. The molecule has 5 nitrogen and oxygen atoms in total. The van der Waals surface area contributed by atoms with E-state index < -0.39 is 5.97 Å². The van der Waals surface area contributed by atoms with Crippen LogP contribution in [0.15, 0.2) is 24.3 Å². The Morgan fingerprint density at radius 2 is 2.12 bits per heavy atom. The van der Waals surface area contributed by atoms with E-state index in [9.17, 15) is 4.79 Å². The molecule has 1 aliphatic rings. The van der Waals surface area contributed by atoms with Crippen molar-refractivity contribution in [2.45, 2.75) is 38.6 Å². The number of hydrogen-bond donors (Lipinski definition) is 1. The zero-order chi connectivity index (χ0) is 17.3. The van der Waals surface area contributed by atoms with Gasteiger partial charge in [0.2, 0.25) is 0 Å². The highest BCUT2D eigenvalue weighted by Gasteiger charge is 2.30. The number of aromatic nitrogens is 2. The van der Waals surface area contributed by atoms with Crippen molar-refractivity contribution in [1.82, 2.24) is 9.97 Å². The molecule has 0 radical (unpaired) electrons. The molecule has 1 atom stereocenters. The number of aryl methyl sites for hydroxylation is 1. The molecule has 1 heterocycles. The minimum atomic E-state index is -0.546. The molecule has 0 unspecified atom stereocenters. The fourth-order valence-electron chi connectivity index (χ4n) is 2.54. The fourth-order valence-corrected chi connectivity index (χ4v) is 2.76. The standard InChI is InChI=1S/C18H20ClN3O2/c1-10-5-4-6-13(9-10)11(2)20-17-14(19)15(18(23)24-3)21-16(22-17)12-7-8-12/h4-6,9,11-12H,7-8H2,1-3H3,(H,20,21,22)/t11-/m0/s1. The highest BCUT2D eigenvalue weighted by atomic mass is 35.5. The van der Waals surface area contributed by atoms with E-state index in [1.807, 2.05) is 19.1 Å². The van der Waals surface area contributed by atoms with Crippen molar-refractivity contribution in [1.29, 1.82) is 0 Å². The van der Waals surface area contributed by atoms with Gasteiger partial charge < -0.3 is 10.1 Å². The number of hydrogen-bond acceptors (Lipinski definition) is 5. The number of carbonyl (C=O) groups is 1. The maximum absolute atomic E-state index is 12.0. The Balaban J connectivity index is 1.94. The van der Waals surface area contributed by atoms with E-state index in [1.54, 1.807) is 0 Å². The summed E-state index contributed by atoms with van der Waals surface area (Å²) in [6.07, 6.45) is 2.07. The van der Waals surface area contributed by atoms with Crippen LogP contribution in [0.2, 0.25) is 5.02 Å². The SMILES string of the molecule is COC(=O)c1nc(C2CC2)nc(N[C@@H](C)c2cccc(C)c2)c1Cl. The zero-order valence-corrected chi connectivity index (χ0v) is 14.7. The number of esters is 1. The third-order valence-electron chi connectivity index (χ3n) is 4.09. The van der Waals surface area contributed by atoms with E-state index in [2.05, 4.69) is 34.3 Å². The van der Waals surface area contributed by atoms with Crippen LogP contribution in [-0.4, -0.2) is 23.0 Å². The number of benzene rings is 1. The number of carbonyl (C=O) groups excluding carboxylic acids is 1. The van der Waals surface area contributed by atoms with E-state index in [1.165, 1.54) is 12.7 Å². The van der Waals surface area contributed by atoms with Crippen molar-refractivity contribution >= 4 is 23.4 Å². The number of methoxy groups -OCH3 is 1.